The second-order valence-corrected chi connectivity index (χ2v) is 15.1. The maximum atomic E-state index is 13.5. The zero-order valence-electron chi connectivity index (χ0n) is 24.9. The summed E-state index contributed by atoms with van der Waals surface area (Å²) in [7, 11) is -4.03. The molecule has 3 heterocycles. The average molecular weight is 625 g/mol. The van der Waals surface area contributed by atoms with Gasteiger partial charge in [0.15, 0.2) is 0 Å². The molecule has 4 aromatic rings. The van der Waals surface area contributed by atoms with Crippen molar-refractivity contribution in [2.45, 2.75) is 70.5 Å². The molecule has 1 aromatic carbocycles. The van der Waals surface area contributed by atoms with E-state index in [1.807, 2.05) is 30.3 Å². The number of nitrogens with zero attached hydrogens (tertiary/aromatic N) is 3. The van der Waals surface area contributed by atoms with Crippen molar-refractivity contribution in [1.29, 1.82) is 0 Å². The number of aliphatic carboxylic acids is 1. The first kappa shape index (κ1) is 32.1. The van der Waals surface area contributed by atoms with Crippen LogP contribution in [0.25, 0.3) is 10.1 Å². The molecule has 12 heteroatoms. The fourth-order valence-corrected chi connectivity index (χ4v) is 6.87. The van der Waals surface area contributed by atoms with E-state index in [1.54, 1.807) is 53.7 Å². The van der Waals surface area contributed by atoms with Crippen LogP contribution in [0.5, 0.6) is 0 Å². The quantitative estimate of drug-likeness (QED) is 0.225. The van der Waals surface area contributed by atoms with Crippen LogP contribution >= 0.6 is 11.3 Å². The number of fused-ring (bicyclic) bond motifs is 1. The van der Waals surface area contributed by atoms with Gasteiger partial charge in [0.25, 0.3) is 0 Å². The van der Waals surface area contributed by atoms with Crippen LogP contribution in [0.15, 0.2) is 78.0 Å². The molecule has 3 aromatic heterocycles. The third-order valence-corrected chi connectivity index (χ3v) is 8.98. The number of amides is 1. The van der Waals surface area contributed by atoms with E-state index in [4.69, 9.17) is 9.72 Å². The van der Waals surface area contributed by atoms with Crippen LogP contribution in [-0.2, 0) is 26.0 Å². The van der Waals surface area contributed by atoms with Gasteiger partial charge >= 0.3 is 12.1 Å². The number of ether oxygens (including phenoxy) is 1. The standard InChI is InChI=1S/C31H36N4O6S2/c1-30(2,3)27(28(36)37)35(29(38)41-31(4,5)6)26-15-9-13-23(33-26)24(34-43(39,40)22-12-10-16-32-19-22)18-21-17-20-11-7-8-14-25(20)42-21/h7-17,19,24,27,34H,18H2,1-6H3,(H,36,37). The molecule has 2 N–H and O–H groups in total. The Morgan fingerprint density at radius 2 is 1.74 bits per heavy atom. The van der Waals surface area contributed by atoms with Crippen LogP contribution in [0.1, 0.15) is 58.2 Å². The number of pyridine rings is 2. The predicted molar refractivity (Wildman–Crippen MR) is 167 cm³/mol. The summed E-state index contributed by atoms with van der Waals surface area (Å²) >= 11 is 1.54. The molecule has 0 aliphatic heterocycles. The average Bonchev–Trinajstić information content (AvgIpc) is 3.32. The molecule has 0 saturated carbocycles. The van der Waals surface area contributed by atoms with Gasteiger partial charge < -0.3 is 9.84 Å². The maximum absolute atomic E-state index is 13.5. The molecular weight excluding hydrogens is 588 g/mol. The Hall–Kier alpha value is -3.87. The van der Waals surface area contributed by atoms with Crippen LogP contribution in [0.3, 0.4) is 0 Å². The first-order valence-electron chi connectivity index (χ1n) is 13.7. The van der Waals surface area contributed by atoms with Crippen molar-refractivity contribution in [3.8, 4) is 0 Å². The third-order valence-electron chi connectivity index (χ3n) is 6.39. The number of carbonyl (C=O) groups is 2. The van der Waals surface area contributed by atoms with Gasteiger partial charge in [0, 0.05) is 28.4 Å². The molecule has 0 bridgehead atoms. The Morgan fingerprint density at radius 3 is 2.35 bits per heavy atom. The fraction of sp³-hybridized carbons (Fsp3) is 0.355. The van der Waals surface area contributed by atoms with E-state index in [2.05, 4.69) is 9.71 Å². The van der Waals surface area contributed by atoms with Crippen molar-refractivity contribution in [3.63, 3.8) is 0 Å². The summed E-state index contributed by atoms with van der Waals surface area (Å²) in [6.07, 6.45) is 2.12. The van der Waals surface area contributed by atoms with Crippen LogP contribution < -0.4 is 9.62 Å². The van der Waals surface area contributed by atoms with E-state index in [9.17, 15) is 23.1 Å². The minimum absolute atomic E-state index is 0.0125. The number of carbonyl (C=O) groups excluding carboxylic acids is 1. The minimum Gasteiger partial charge on any atom is -0.480 e. The summed E-state index contributed by atoms with van der Waals surface area (Å²) in [6, 6.07) is 15.4. The lowest BCUT2D eigenvalue weighted by Gasteiger charge is -2.37. The molecule has 0 saturated heterocycles. The van der Waals surface area contributed by atoms with Crippen molar-refractivity contribution in [1.82, 2.24) is 14.7 Å². The molecular formula is C31H36N4O6S2. The lowest BCUT2D eigenvalue weighted by atomic mass is 9.85. The Morgan fingerprint density at radius 1 is 1.02 bits per heavy atom. The normalized spacial score (nSPS) is 13.8. The number of aromatic nitrogens is 2. The molecule has 0 aliphatic carbocycles. The number of hydrogen-bond acceptors (Lipinski definition) is 8. The highest BCUT2D eigenvalue weighted by Crippen LogP contribution is 2.33. The lowest BCUT2D eigenvalue weighted by Crippen LogP contribution is -2.54. The Labute approximate surface area is 255 Å². The van der Waals surface area contributed by atoms with Gasteiger partial charge in [0.2, 0.25) is 10.0 Å². The highest BCUT2D eigenvalue weighted by Gasteiger charge is 2.43. The molecule has 0 fully saturated rings. The van der Waals surface area contributed by atoms with Crippen molar-refractivity contribution in [2.24, 2.45) is 5.41 Å². The maximum Gasteiger partial charge on any atom is 0.416 e. The Bertz CT molecular complexity index is 1680. The van der Waals surface area contributed by atoms with E-state index < -0.39 is 45.2 Å². The van der Waals surface area contributed by atoms with E-state index in [1.165, 1.54) is 41.9 Å². The van der Waals surface area contributed by atoms with Crippen molar-refractivity contribution in [2.75, 3.05) is 4.90 Å². The van der Waals surface area contributed by atoms with Gasteiger partial charge in [0.05, 0.1) is 11.7 Å². The highest BCUT2D eigenvalue weighted by atomic mass is 32.2. The summed E-state index contributed by atoms with van der Waals surface area (Å²) in [4.78, 5) is 36.6. The number of nitrogens with one attached hydrogen (secondary N) is 1. The van der Waals surface area contributed by atoms with Crippen molar-refractivity contribution in [3.05, 3.63) is 83.6 Å². The summed E-state index contributed by atoms with van der Waals surface area (Å²) in [5.74, 6) is -1.21. The third kappa shape index (κ3) is 7.95. The highest BCUT2D eigenvalue weighted by molar-refractivity contribution is 7.89. The number of sulfonamides is 1. The summed E-state index contributed by atoms with van der Waals surface area (Å²) in [6.45, 7) is 10.2. The number of thiophene rings is 1. The minimum atomic E-state index is -4.03. The smallest absolute Gasteiger partial charge is 0.416 e. The second-order valence-electron chi connectivity index (χ2n) is 12.2. The van der Waals surface area contributed by atoms with Gasteiger partial charge in [-0.25, -0.2) is 32.6 Å². The van der Waals surface area contributed by atoms with Crippen LogP contribution in [-0.4, -0.2) is 47.2 Å². The van der Waals surface area contributed by atoms with E-state index in [0.717, 1.165) is 19.9 Å². The van der Waals surface area contributed by atoms with Gasteiger partial charge in [0.1, 0.15) is 22.4 Å². The summed E-state index contributed by atoms with van der Waals surface area (Å²) in [5.41, 5.74) is -1.51. The van der Waals surface area contributed by atoms with Crippen molar-refractivity contribution < 1.29 is 27.9 Å². The van der Waals surface area contributed by atoms with Gasteiger partial charge in [-0.15, -0.1) is 11.3 Å². The number of benzene rings is 1. The number of hydrogen-bond donors (Lipinski definition) is 2. The first-order valence-corrected chi connectivity index (χ1v) is 16.0. The Kier molecular flexibility index (Phi) is 9.24. The molecule has 2 unspecified atom stereocenters. The number of anilines is 1. The van der Waals surface area contributed by atoms with Crippen LogP contribution in [0, 0.1) is 5.41 Å². The molecule has 43 heavy (non-hydrogen) atoms. The number of carboxylic acids is 1. The molecule has 10 nitrogen and oxygen atoms in total. The molecule has 1 amide bonds. The van der Waals surface area contributed by atoms with E-state index in [-0.39, 0.29) is 17.1 Å². The topological polar surface area (TPSA) is 139 Å². The molecule has 0 radical (unpaired) electrons. The summed E-state index contributed by atoms with van der Waals surface area (Å²) in [5, 5.41) is 11.3. The summed E-state index contributed by atoms with van der Waals surface area (Å²) < 4.78 is 36.3. The molecule has 4 rings (SSSR count). The molecule has 228 valence electrons. The van der Waals surface area contributed by atoms with Crippen molar-refractivity contribution >= 4 is 49.3 Å². The second kappa shape index (κ2) is 12.4. The van der Waals surface area contributed by atoms with Gasteiger partial charge in [-0.3, -0.25) is 4.98 Å². The largest absolute Gasteiger partial charge is 0.480 e. The Balaban J connectivity index is 1.82. The molecule has 0 aliphatic rings. The SMILES string of the molecule is CC(C)(C)OC(=O)N(c1cccc(C(Cc2cc3ccccc3s2)NS(=O)(=O)c2cccnc2)n1)C(C(=O)O)C(C)(C)C. The first-order chi connectivity index (χ1) is 20.0. The monoisotopic (exact) mass is 624 g/mol. The molecule has 2 atom stereocenters. The van der Waals surface area contributed by atoms with Crippen LogP contribution in [0.4, 0.5) is 10.6 Å². The van der Waals surface area contributed by atoms with Gasteiger partial charge in [-0.1, -0.05) is 45.0 Å². The zero-order valence-corrected chi connectivity index (χ0v) is 26.6. The van der Waals surface area contributed by atoms with Crippen LogP contribution in [0.2, 0.25) is 0 Å². The predicted octanol–water partition coefficient (Wildman–Crippen LogP) is 6.19. The fourth-order valence-electron chi connectivity index (χ4n) is 4.58. The van der Waals surface area contributed by atoms with Gasteiger partial charge in [-0.2, -0.15) is 0 Å². The lowest BCUT2D eigenvalue weighted by molar-refractivity contribution is -0.141. The number of carboxylic acid groups (broad SMARTS) is 1. The number of rotatable bonds is 9. The van der Waals surface area contributed by atoms with E-state index in [0.29, 0.717) is 5.69 Å². The van der Waals surface area contributed by atoms with Gasteiger partial charge in [-0.05, 0) is 68.0 Å². The zero-order chi connectivity index (χ0) is 31.6. The molecule has 0 spiro atoms. The van der Waals surface area contributed by atoms with E-state index >= 15 is 0 Å².